The Labute approximate surface area is 291 Å². The lowest BCUT2D eigenvalue weighted by atomic mass is 10.0. The SMILES string of the molecule is COc1ccc(S(=O)(=O)N(CC(=O)N(Cc2c(Cl)cccc2Cl)C(Cc2ccccc2)C(=O)NC(C)(C)C)c2cccc(Cl)c2)cc1. The predicted octanol–water partition coefficient (Wildman–Crippen LogP) is 7.41. The van der Waals surface area contributed by atoms with E-state index in [0.717, 1.165) is 9.87 Å². The molecule has 0 aliphatic carbocycles. The molecule has 0 saturated heterocycles. The number of halogens is 3. The molecule has 0 aliphatic rings. The third kappa shape index (κ3) is 9.41. The number of ether oxygens (including phenoxy) is 1. The van der Waals surface area contributed by atoms with Gasteiger partial charge < -0.3 is 15.0 Å². The molecular weight excluding hydrogens is 681 g/mol. The van der Waals surface area contributed by atoms with Gasteiger partial charge in [-0.25, -0.2) is 8.42 Å². The topological polar surface area (TPSA) is 96.0 Å². The van der Waals surface area contributed by atoms with Crippen LogP contribution in [0.4, 0.5) is 5.69 Å². The van der Waals surface area contributed by atoms with Gasteiger partial charge in [0.25, 0.3) is 10.0 Å². The molecule has 1 unspecified atom stereocenters. The molecule has 0 bridgehead atoms. The summed E-state index contributed by atoms with van der Waals surface area (Å²) in [7, 11) is -2.85. The highest BCUT2D eigenvalue weighted by Gasteiger charge is 2.36. The van der Waals surface area contributed by atoms with Crippen molar-refractivity contribution >= 4 is 62.3 Å². The second-order valence-electron chi connectivity index (χ2n) is 11.8. The number of rotatable bonds is 12. The summed E-state index contributed by atoms with van der Waals surface area (Å²) in [5.41, 5.74) is 0.740. The molecule has 0 aromatic heterocycles. The minimum Gasteiger partial charge on any atom is -0.497 e. The van der Waals surface area contributed by atoms with Gasteiger partial charge in [0.15, 0.2) is 0 Å². The fraction of sp³-hybridized carbons (Fsp3) is 0.257. The van der Waals surface area contributed by atoms with E-state index in [1.807, 2.05) is 51.1 Å². The van der Waals surface area contributed by atoms with Crippen molar-refractivity contribution in [3.63, 3.8) is 0 Å². The number of benzene rings is 4. The van der Waals surface area contributed by atoms with E-state index in [-0.39, 0.29) is 28.6 Å². The zero-order valence-corrected chi connectivity index (χ0v) is 29.5. The van der Waals surface area contributed by atoms with E-state index in [4.69, 9.17) is 39.5 Å². The summed E-state index contributed by atoms with van der Waals surface area (Å²) in [6.45, 7) is 4.68. The van der Waals surface area contributed by atoms with Crippen molar-refractivity contribution < 1.29 is 22.7 Å². The number of nitrogens with one attached hydrogen (secondary N) is 1. The first kappa shape index (κ1) is 36.1. The van der Waals surface area contributed by atoms with Crippen LogP contribution >= 0.6 is 34.8 Å². The summed E-state index contributed by atoms with van der Waals surface area (Å²) in [4.78, 5) is 29.9. The molecule has 0 radical (unpaired) electrons. The first-order valence-electron chi connectivity index (χ1n) is 14.7. The molecule has 0 saturated carbocycles. The molecule has 4 rings (SSSR count). The quantitative estimate of drug-likeness (QED) is 0.165. The van der Waals surface area contributed by atoms with Gasteiger partial charge in [0.2, 0.25) is 11.8 Å². The zero-order chi connectivity index (χ0) is 34.4. The number of amides is 2. The molecule has 1 atom stereocenters. The van der Waals surface area contributed by atoms with E-state index < -0.39 is 40.0 Å². The van der Waals surface area contributed by atoms with Crippen LogP contribution < -0.4 is 14.4 Å². The maximum absolute atomic E-state index is 14.6. The van der Waals surface area contributed by atoms with E-state index in [1.54, 1.807) is 36.4 Å². The highest BCUT2D eigenvalue weighted by molar-refractivity contribution is 7.92. The van der Waals surface area contributed by atoms with Gasteiger partial charge in [0.1, 0.15) is 18.3 Å². The van der Waals surface area contributed by atoms with Crippen molar-refractivity contribution in [3.8, 4) is 5.75 Å². The maximum atomic E-state index is 14.6. The fourth-order valence-electron chi connectivity index (χ4n) is 4.90. The van der Waals surface area contributed by atoms with Gasteiger partial charge in [-0.15, -0.1) is 0 Å². The minimum atomic E-state index is -4.33. The monoisotopic (exact) mass is 715 g/mol. The van der Waals surface area contributed by atoms with Crippen molar-refractivity contribution in [3.05, 3.63) is 123 Å². The van der Waals surface area contributed by atoms with Crippen LogP contribution in [0.2, 0.25) is 15.1 Å². The van der Waals surface area contributed by atoms with Gasteiger partial charge >= 0.3 is 0 Å². The Morgan fingerprint density at radius 1 is 0.851 bits per heavy atom. The lowest BCUT2D eigenvalue weighted by Gasteiger charge is -2.35. The average Bonchev–Trinajstić information content (AvgIpc) is 3.02. The van der Waals surface area contributed by atoms with Crippen LogP contribution in [0.15, 0.2) is 102 Å². The van der Waals surface area contributed by atoms with Gasteiger partial charge in [0.05, 0.1) is 17.7 Å². The van der Waals surface area contributed by atoms with E-state index in [9.17, 15) is 18.0 Å². The highest BCUT2D eigenvalue weighted by Crippen LogP contribution is 2.30. The number of sulfonamides is 1. The molecule has 12 heteroatoms. The fourth-order valence-corrected chi connectivity index (χ4v) is 7.00. The second-order valence-corrected chi connectivity index (χ2v) is 14.9. The van der Waals surface area contributed by atoms with Crippen LogP contribution in [0.25, 0.3) is 0 Å². The molecule has 1 N–H and O–H groups in total. The van der Waals surface area contributed by atoms with Crippen molar-refractivity contribution in [1.82, 2.24) is 10.2 Å². The number of nitrogens with zero attached hydrogens (tertiary/aromatic N) is 2. The zero-order valence-electron chi connectivity index (χ0n) is 26.4. The van der Waals surface area contributed by atoms with Crippen LogP contribution in [-0.4, -0.2) is 50.4 Å². The summed E-state index contributed by atoms with van der Waals surface area (Å²) in [5, 5.41) is 3.85. The van der Waals surface area contributed by atoms with Crippen LogP contribution in [0.5, 0.6) is 5.75 Å². The molecule has 0 aliphatic heterocycles. The van der Waals surface area contributed by atoms with E-state index in [0.29, 0.717) is 21.4 Å². The minimum absolute atomic E-state index is 0.0712. The number of carbonyl (C=O) groups excluding carboxylic acids is 2. The van der Waals surface area contributed by atoms with Crippen LogP contribution in [-0.2, 0) is 32.6 Å². The summed E-state index contributed by atoms with van der Waals surface area (Å²) in [6.07, 6.45) is 0.138. The molecule has 248 valence electrons. The maximum Gasteiger partial charge on any atom is 0.264 e. The Balaban J connectivity index is 1.85. The van der Waals surface area contributed by atoms with Crippen molar-refractivity contribution in [2.45, 2.75) is 50.2 Å². The molecule has 0 spiro atoms. The second kappa shape index (κ2) is 15.4. The molecule has 0 heterocycles. The summed E-state index contributed by atoms with van der Waals surface area (Å²) < 4.78 is 34.6. The van der Waals surface area contributed by atoms with Crippen LogP contribution in [0.1, 0.15) is 31.9 Å². The van der Waals surface area contributed by atoms with Crippen LogP contribution in [0, 0.1) is 0 Å². The highest BCUT2D eigenvalue weighted by atomic mass is 35.5. The van der Waals surface area contributed by atoms with Gasteiger partial charge in [0, 0.05) is 39.1 Å². The molecule has 2 amide bonds. The Morgan fingerprint density at radius 3 is 2.04 bits per heavy atom. The van der Waals surface area contributed by atoms with Crippen molar-refractivity contribution in [2.24, 2.45) is 0 Å². The predicted molar refractivity (Wildman–Crippen MR) is 188 cm³/mol. The first-order valence-corrected chi connectivity index (χ1v) is 17.3. The number of hydrogen-bond donors (Lipinski definition) is 1. The van der Waals surface area contributed by atoms with Gasteiger partial charge in [-0.3, -0.25) is 13.9 Å². The smallest absolute Gasteiger partial charge is 0.264 e. The molecule has 4 aromatic rings. The third-order valence-corrected chi connectivity index (χ3v) is 9.91. The molecule has 4 aromatic carbocycles. The lowest BCUT2D eigenvalue weighted by molar-refractivity contribution is -0.140. The Morgan fingerprint density at radius 2 is 1.47 bits per heavy atom. The Hall–Kier alpha value is -3.76. The van der Waals surface area contributed by atoms with Gasteiger partial charge in [-0.05, 0) is 80.9 Å². The number of carbonyl (C=O) groups is 2. The van der Waals surface area contributed by atoms with E-state index in [1.165, 1.54) is 42.3 Å². The van der Waals surface area contributed by atoms with E-state index in [2.05, 4.69) is 5.32 Å². The summed E-state index contributed by atoms with van der Waals surface area (Å²) in [6, 6.07) is 25.2. The third-order valence-electron chi connectivity index (χ3n) is 7.18. The Bertz CT molecular complexity index is 1790. The summed E-state index contributed by atoms with van der Waals surface area (Å²) in [5.74, 6) is -0.626. The van der Waals surface area contributed by atoms with Crippen molar-refractivity contribution in [1.29, 1.82) is 0 Å². The molecule has 0 fully saturated rings. The average molecular weight is 717 g/mol. The van der Waals surface area contributed by atoms with Gasteiger partial charge in [-0.2, -0.15) is 0 Å². The normalized spacial score (nSPS) is 12.2. The van der Waals surface area contributed by atoms with Crippen LogP contribution in [0.3, 0.4) is 0 Å². The molecule has 47 heavy (non-hydrogen) atoms. The molecular formula is C35H36Cl3N3O5S. The largest absolute Gasteiger partial charge is 0.497 e. The van der Waals surface area contributed by atoms with Gasteiger partial charge in [-0.1, -0.05) is 77.3 Å². The number of anilines is 1. The lowest BCUT2D eigenvalue weighted by Crippen LogP contribution is -2.56. The number of hydrogen-bond acceptors (Lipinski definition) is 5. The standard InChI is InChI=1S/C35H36Cl3N3O5S/c1-35(2,3)39-34(43)32(20-24-10-6-5-7-11-24)40(22-29-30(37)14-9-15-31(29)38)33(42)23-41(26-13-8-12-25(36)21-26)47(44,45)28-18-16-27(46-4)17-19-28/h5-19,21,32H,20,22-23H2,1-4H3,(H,39,43). The van der Waals surface area contributed by atoms with Crippen molar-refractivity contribution in [2.75, 3.05) is 18.0 Å². The summed E-state index contributed by atoms with van der Waals surface area (Å²) >= 11 is 19.4. The number of methoxy groups -OCH3 is 1. The van der Waals surface area contributed by atoms with E-state index >= 15 is 0 Å². The Kier molecular flexibility index (Phi) is 11.8. The molecule has 8 nitrogen and oxygen atoms in total. The first-order chi connectivity index (χ1) is 22.2.